The first kappa shape index (κ1) is 25.5. The number of H-pyrrole nitrogens is 1. The van der Waals surface area contributed by atoms with E-state index in [0.29, 0.717) is 26.5 Å². The van der Waals surface area contributed by atoms with E-state index in [1.165, 1.54) is 24.9 Å². The van der Waals surface area contributed by atoms with Gasteiger partial charge in [0.15, 0.2) is 5.82 Å². The van der Waals surface area contributed by atoms with Crippen LogP contribution in [-0.2, 0) is 21.4 Å². The summed E-state index contributed by atoms with van der Waals surface area (Å²) in [5.41, 5.74) is 3.59. The van der Waals surface area contributed by atoms with Gasteiger partial charge in [-0.25, -0.2) is 0 Å². The fourth-order valence-corrected chi connectivity index (χ4v) is 5.53. The van der Waals surface area contributed by atoms with Crippen molar-refractivity contribution in [2.24, 2.45) is 0 Å². The maximum Gasteiger partial charge on any atom is 0.360 e. The summed E-state index contributed by atoms with van der Waals surface area (Å²) < 4.78 is 28.8. The second kappa shape index (κ2) is 10.8. The molecule has 2 aromatic heterocycles. The lowest BCUT2D eigenvalue weighted by molar-refractivity contribution is -0.115. The molecular formula is C27H27N9O3S. The third-order valence-corrected chi connectivity index (χ3v) is 7.81. The van der Waals surface area contributed by atoms with E-state index in [9.17, 15) is 13.2 Å². The minimum Gasteiger partial charge on any atom is -0.372 e. The zero-order valence-corrected chi connectivity index (χ0v) is 22.3. The molecule has 0 atom stereocenters. The summed E-state index contributed by atoms with van der Waals surface area (Å²) in [5.74, 6) is 0.254. The minimum absolute atomic E-state index is 0.183. The zero-order chi connectivity index (χ0) is 27.5. The van der Waals surface area contributed by atoms with Crippen LogP contribution < -0.4 is 14.9 Å². The van der Waals surface area contributed by atoms with E-state index in [-0.39, 0.29) is 23.8 Å². The predicted octanol–water partition coefficient (Wildman–Crippen LogP) is 3.59. The Morgan fingerprint density at radius 1 is 0.950 bits per heavy atom. The molecule has 5 aromatic rings. The van der Waals surface area contributed by atoms with Crippen LogP contribution in [0.2, 0.25) is 0 Å². The van der Waals surface area contributed by atoms with Gasteiger partial charge in [0.1, 0.15) is 0 Å². The van der Waals surface area contributed by atoms with Crippen molar-refractivity contribution in [2.45, 2.75) is 25.7 Å². The van der Waals surface area contributed by atoms with Crippen LogP contribution >= 0.6 is 0 Å². The molecule has 1 fully saturated rings. The van der Waals surface area contributed by atoms with Gasteiger partial charge in [0.2, 0.25) is 11.7 Å². The summed E-state index contributed by atoms with van der Waals surface area (Å²) in [6.45, 7) is 2.13. The number of nitrogens with one attached hydrogen (secondary N) is 3. The number of aromatic nitrogens is 6. The molecule has 0 unspecified atom stereocenters. The maximum atomic E-state index is 12.9. The van der Waals surface area contributed by atoms with Gasteiger partial charge in [-0.05, 0) is 64.6 Å². The fraction of sp³-hybridized carbons (Fsp3) is 0.222. The van der Waals surface area contributed by atoms with E-state index in [1.807, 2.05) is 18.2 Å². The molecule has 0 saturated carbocycles. The molecule has 0 spiro atoms. The van der Waals surface area contributed by atoms with Crippen molar-refractivity contribution in [1.82, 2.24) is 29.8 Å². The first-order valence-corrected chi connectivity index (χ1v) is 14.4. The van der Waals surface area contributed by atoms with E-state index in [0.717, 1.165) is 18.7 Å². The molecule has 13 heteroatoms. The highest BCUT2D eigenvalue weighted by atomic mass is 32.2. The third kappa shape index (κ3) is 5.50. The number of carbonyl (C=O) groups excluding carboxylic acids is 1. The maximum absolute atomic E-state index is 12.9. The number of tetrazole rings is 1. The Hall–Kier alpha value is -4.78. The molecule has 0 radical (unpaired) electrons. The second-order valence-corrected chi connectivity index (χ2v) is 11.1. The molecular weight excluding hydrogens is 530 g/mol. The lowest BCUT2D eigenvalue weighted by Crippen LogP contribution is -2.29. The largest absolute Gasteiger partial charge is 0.372 e. The Kier molecular flexibility index (Phi) is 6.86. The molecule has 1 saturated heterocycles. The van der Waals surface area contributed by atoms with Gasteiger partial charge in [0.25, 0.3) is 0 Å². The van der Waals surface area contributed by atoms with Gasteiger partial charge in [-0.3, -0.25) is 14.6 Å². The normalized spacial score (nSPS) is 13.8. The van der Waals surface area contributed by atoms with E-state index < -0.39 is 10.2 Å². The van der Waals surface area contributed by atoms with Crippen LogP contribution in [-0.4, -0.2) is 57.2 Å². The third-order valence-electron chi connectivity index (χ3n) is 6.73. The lowest BCUT2D eigenvalue weighted by atomic mass is 10.1. The van der Waals surface area contributed by atoms with Crippen LogP contribution in [0.15, 0.2) is 72.8 Å². The van der Waals surface area contributed by atoms with Crippen molar-refractivity contribution in [3.63, 3.8) is 0 Å². The number of piperidine rings is 1. The highest BCUT2D eigenvalue weighted by Gasteiger charge is 2.20. The molecule has 3 N–H and O–H groups in total. The molecule has 1 amide bonds. The van der Waals surface area contributed by atoms with Crippen LogP contribution in [0.5, 0.6) is 0 Å². The molecule has 40 heavy (non-hydrogen) atoms. The van der Waals surface area contributed by atoms with Crippen LogP contribution in [0, 0.1) is 0 Å². The summed E-state index contributed by atoms with van der Waals surface area (Å²) in [6.07, 6.45) is 3.87. The van der Waals surface area contributed by atoms with E-state index in [1.54, 1.807) is 42.5 Å². The Bertz CT molecular complexity index is 1740. The summed E-state index contributed by atoms with van der Waals surface area (Å²) in [5, 5.41) is 22.0. The van der Waals surface area contributed by atoms with E-state index in [4.69, 9.17) is 0 Å². The van der Waals surface area contributed by atoms with Crippen LogP contribution in [0.1, 0.15) is 24.8 Å². The Labute approximate surface area is 230 Å². The van der Waals surface area contributed by atoms with Crippen molar-refractivity contribution in [2.75, 3.05) is 28.0 Å². The number of amides is 1. The van der Waals surface area contributed by atoms with E-state index >= 15 is 0 Å². The van der Waals surface area contributed by atoms with Crippen molar-refractivity contribution in [1.29, 1.82) is 0 Å². The van der Waals surface area contributed by atoms with Crippen molar-refractivity contribution in [3.05, 3.63) is 78.4 Å². The molecule has 0 aliphatic carbocycles. The Morgan fingerprint density at radius 3 is 2.50 bits per heavy atom. The number of hydrogen-bond acceptors (Lipinski definition) is 8. The lowest BCUT2D eigenvalue weighted by Gasteiger charge is -2.28. The molecule has 1 aliphatic heterocycles. The van der Waals surface area contributed by atoms with Gasteiger partial charge in [-0.15, -0.1) is 10.2 Å². The topological polar surface area (TPSA) is 151 Å². The van der Waals surface area contributed by atoms with Crippen molar-refractivity contribution < 1.29 is 13.2 Å². The molecule has 6 rings (SSSR count). The first-order chi connectivity index (χ1) is 19.4. The standard InChI is InChI=1S/C27H27N9O3S/c37-25(17-19-9-12-22(13-10-19)35-15-5-2-6-16-35)28-27-23-18-21(11-14-24(23)29-30-27)33-40(38,39)36-32-26(31-34-36)20-7-3-1-4-8-20/h1,3-4,7-14,18,33H,2,5-6,15-17H2,(H2,28,29,30,37). The van der Waals surface area contributed by atoms with Crippen LogP contribution in [0.25, 0.3) is 22.3 Å². The number of anilines is 3. The Balaban J connectivity index is 1.14. The van der Waals surface area contributed by atoms with Crippen molar-refractivity contribution >= 4 is 44.2 Å². The number of nitrogens with zero attached hydrogens (tertiary/aromatic N) is 6. The van der Waals surface area contributed by atoms with Crippen molar-refractivity contribution in [3.8, 4) is 11.4 Å². The number of rotatable bonds is 8. The van der Waals surface area contributed by atoms with Crippen LogP contribution in [0.3, 0.4) is 0 Å². The van der Waals surface area contributed by atoms with Gasteiger partial charge in [0, 0.05) is 29.7 Å². The predicted molar refractivity (Wildman–Crippen MR) is 152 cm³/mol. The average molecular weight is 558 g/mol. The first-order valence-electron chi connectivity index (χ1n) is 13.0. The van der Waals surface area contributed by atoms with E-state index in [2.05, 4.69) is 52.7 Å². The van der Waals surface area contributed by atoms with Gasteiger partial charge >= 0.3 is 10.2 Å². The summed E-state index contributed by atoms with van der Waals surface area (Å²) >= 11 is 0. The summed E-state index contributed by atoms with van der Waals surface area (Å²) in [7, 11) is -4.18. The van der Waals surface area contributed by atoms with Gasteiger partial charge < -0.3 is 10.2 Å². The highest BCUT2D eigenvalue weighted by molar-refractivity contribution is 7.91. The van der Waals surface area contributed by atoms with Gasteiger partial charge in [-0.2, -0.15) is 13.5 Å². The summed E-state index contributed by atoms with van der Waals surface area (Å²) in [4.78, 5) is 15.2. The second-order valence-electron chi connectivity index (χ2n) is 9.58. The average Bonchev–Trinajstić information content (AvgIpc) is 3.63. The molecule has 1 aliphatic rings. The molecule has 0 bridgehead atoms. The SMILES string of the molecule is O=C(Cc1ccc(N2CCCCC2)cc1)Nc1n[nH]c2ccc(NS(=O)(=O)n3nnc(-c4ccccc4)n3)cc12. The summed E-state index contributed by atoms with van der Waals surface area (Å²) in [6, 6.07) is 21.8. The molecule has 3 heterocycles. The molecule has 3 aromatic carbocycles. The molecule has 204 valence electrons. The van der Waals surface area contributed by atoms with Gasteiger partial charge in [-0.1, -0.05) is 42.5 Å². The number of carbonyl (C=O) groups is 1. The Morgan fingerprint density at radius 2 is 1.73 bits per heavy atom. The fourth-order valence-electron chi connectivity index (χ4n) is 4.71. The van der Waals surface area contributed by atoms with Gasteiger partial charge in [0.05, 0.1) is 17.6 Å². The highest BCUT2D eigenvalue weighted by Crippen LogP contribution is 2.26. The number of aromatic amines is 1. The molecule has 12 nitrogen and oxygen atoms in total. The smallest absolute Gasteiger partial charge is 0.360 e. The zero-order valence-electron chi connectivity index (χ0n) is 21.5. The quantitative estimate of drug-likeness (QED) is 0.262. The monoisotopic (exact) mass is 557 g/mol. The van der Waals surface area contributed by atoms with Crippen LogP contribution in [0.4, 0.5) is 17.2 Å². The number of fused-ring (bicyclic) bond motifs is 1. The number of hydrogen-bond donors (Lipinski definition) is 3. The number of benzene rings is 3. The minimum atomic E-state index is -4.18.